The molecule has 0 amide bonds. The zero-order chi connectivity index (χ0) is 14.0. The monoisotopic (exact) mass is 271 g/mol. The highest BCUT2D eigenvalue weighted by Gasteiger charge is 2.26. The second-order valence-electron chi connectivity index (χ2n) is 4.82. The first kappa shape index (κ1) is 14.0. The van der Waals surface area contributed by atoms with Crippen molar-refractivity contribution in [2.24, 2.45) is 0 Å². The fraction of sp³-hybridized carbons (Fsp3) is 0.615. The van der Waals surface area contributed by atoms with Crippen molar-refractivity contribution in [3.05, 3.63) is 17.7 Å². The molecule has 1 aliphatic heterocycles. The van der Waals surface area contributed by atoms with E-state index in [9.17, 15) is 8.78 Å². The highest BCUT2D eigenvalue weighted by Crippen LogP contribution is 2.25. The van der Waals surface area contributed by atoms with E-state index < -0.39 is 11.6 Å². The first-order valence-electron chi connectivity index (χ1n) is 6.51. The predicted octanol–water partition coefficient (Wildman–Crippen LogP) is 2.41. The normalized spacial score (nSPS) is 23.5. The molecule has 1 aromatic rings. The van der Waals surface area contributed by atoms with Gasteiger partial charge in [0.05, 0.1) is 12.2 Å². The fourth-order valence-electron chi connectivity index (χ4n) is 2.32. The Labute approximate surface area is 111 Å². The van der Waals surface area contributed by atoms with Gasteiger partial charge in [0.1, 0.15) is 0 Å². The number of hydrogen-bond donors (Lipinski definition) is 1. The van der Waals surface area contributed by atoms with Crippen molar-refractivity contribution in [2.45, 2.75) is 33.0 Å². The van der Waals surface area contributed by atoms with Crippen molar-refractivity contribution < 1.29 is 13.5 Å². The van der Waals surface area contributed by atoms with E-state index in [0.29, 0.717) is 19.6 Å². The van der Waals surface area contributed by atoms with Gasteiger partial charge in [0.2, 0.25) is 0 Å². The Kier molecular flexibility index (Phi) is 4.19. The molecule has 19 heavy (non-hydrogen) atoms. The van der Waals surface area contributed by atoms with Crippen LogP contribution in [-0.4, -0.2) is 36.8 Å². The van der Waals surface area contributed by atoms with Crippen molar-refractivity contribution in [3.8, 4) is 0 Å². The van der Waals surface area contributed by atoms with Crippen molar-refractivity contribution in [1.29, 1.82) is 0 Å². The number of ether oxygens (including phenoxy) is 1. The van der Waals surface area contributed by atoms with Crippen LogP contribution in [0.2, 0.25) is 0 Å². The van der Waals surface area contributed by atoms with Crippen LogP contribution in [0.1, 0.15) is 20.8 Å². The number of pyridine rings is 1. The molecule has 4 nitrogen and oxygen atoms in total. The molecule has 1 N–H and O–H groups in total. The number of morpholine rings is 1. The third kappa shape index (κ3) is 3.12. The molecule has 6 heteroatoms. The zero-order valence-corrected chi connectivity index (χ0v) is 11.4. The smallest absolute Gasteiger partial charge is 0.168 e. The van der Waals surface area contributed by atoms with Crippen LogP contribution in [0.4, 0.5) is 20.4 Å². The van der Waals surface area contributed by atoms with Gasteiger partial charge in [-0.2, -0.15) is 0 Å². The molecule has 2 atom stereocenters. The minimum absolute atomic E-state index is 0.00223. The summed E-state index contributed by atoms with van der Waals surface area (Å²) in [6.07, 6.45) is -0.00447. The lowest BCUT2D eigenvalue weighted by Gasteiger charge is -2.36. The van der Waals surface area contributed by atoms with Gasteiger partial charge in [-0.1, -0.05) is 0 Å². The molecule has 0 bridgehead atoms. The number of nitrogens with zero attached hydrogens (tertiary/aromatic N) is 2. The number of nitrogens with one attached hydrogen (secondary N) is 1. The number of aromatic nitrogens is 1. The van der Waals surface area contributed by atoms with Gasteiger partial charge in [0, 0.05) is 25.7 Å². The second-order valence-corrected chi connectivity index (χ2v) is 4.82. The molecule has 1 saturated heterocycles. The molecule has 2 rings (SSSR count). The molecular weight excluding hydrogens is 252 g/mol. The molecular formula is C13H19F2N3O. The van der Waals surface area contributed by atoms with Gasteiger partial charge in [-0.25, -0.2) is 13.8 Å². The van der Waals surface area contributed by atoms with Crippen LogP contribution in [0, 0.1) is 11.6 Å². The standard InChI is InChI=1S/C13H19F2N3O/c1-4-16-12-10(14)5-11(15)13(17-12)18-6-8(2)19-9(3)7-18/h5,8-9H,4,6-7H2,1-3H3,(H,16,17)/t8-,9+. The van der Waals surface area contributed by atoms with Gasteiger partial charge in [-0.3, -0.25) is 0 Å². The molecule has 106 valence electrons. The van der Waals surface area contributed by atoms with Crippen LogP contribution in [0.3, 0.4) is 0 Å². The summed E-state index contributed by atoms with van der Waals surface area (Å²) in [4.78, 5) is 5.86. The number of rotatable bonds is 3. The summed E-state index contributed by atoms with van der Waals surface area (Å²) in [6.45, 7) is 7.31. The van der Waals surface area contributed by atoms with Crippen LogP contribution >= 0.6 is 0 Å². The third-order valence-electron chi connectivity index (χ3n) is 2.97. The lowest BCUT2D eigenvalue weighted by molar-refractivity contribution is -0.00564. The lowest BCUT2D eigenvalue weighted by Crippen LogP contribution is -2.46. The van der Waals surface area contributed by atoms with Gasteiger partial charge in [-0.15, -0.1) is 0 Å². The Morgan fingerprint density at radius 2 is 1.95 bits per heavy atom. The zero-order valence-electron chi connectivity index (χ0n) is 11.4. The maximum absolute atomic E-state index is 13.9. The van der Waals surface area contributed by atoms with Gasteiger partial charge in [0.15, 0.2) is 23.3 Å². The van der Waals surface area contributed by atoms with Gasteiger partial charge < -0.3 is 15.0 Å². The lowest BCUT2D eigenvalue weighted by atomic mass is 10.2. The quantitative estimate of drug-likeness (QED) is 0.916. The Balaban J connectivity index is 2.30. The molecule has 0 aliphatic carbocycles. The van der Waals surface area contributed by atoms with E-state index >= 15 is 0 Å². The summed E-state index contributed by atoms with van der Waals surface area (Å²) >= 11 is 0. The van der Waals surface area contributed by atoms with E-state index in [2.05, 4.69) is 10.3 Å². The highest BCUT2D eigenvalue weighted by molar-refractivity contribution is 5.49. The minimum atomic E-state index is -0.669. The van der Waals surface area contributed by atoms with E-state index in [1.165, 1.54) is 0 Å². The summed E-state index contributed by atoms with van der Waals surface area (Å²) in [5.41, 5.74) is 0. The first-order valence-corrected chi connectivity index (χ1v) is 6.51. The molecule has 0 radical (unpaired) electrons. The van der Waals surface area contributed by atoms with Crippen molar-refractivity contribution in [3.63, 3.8) is 0 Å². The molecule has 0 saturated carbocycles. The van der Waals surface area contributed by atoms with E-state index in [0.717, 1.165) is 6.07 Å². The average Bonchev–Trinajstić information content (AvgIpc) is 2.31. The fourth-order valence-corrected chi connectivity index (χ4v) is 2.32. The third-order valence-corrected chi connectivity index (χ3v) is 2.97. The van der Waals surface area contributed by atoms with Crippen LogP contribution in [-0.2, 0) is 4.74 Å². The summed E-state index contributed by atoms with van der Waals surface area (Å²) in [5.74, 6) is -1.04. The van der Waals surface area contributed by atoms with Crippen LogP contribution < -0.4 is 10.2 Å². The van der Waals surface area contributed by atoms with E-state index in [-0.39, 0.29) is 23.8 Å². The molecule has 0 unspecified atom stereocenters. The SMILES string of the molecule is CCNc1nc(N2C[C@@H](C)O[C@@H](C)C2)c(F)cc1F. The number of hydrogen-bond acceptors (Lipinski definition) is 4. The van der Waals surface area contributed by atoms with Gasteiger partial charge in [0.25, 0.3) is 0 Å². The maximum atomic E-state index is 13.9. The number of anilines is 2. The average molecular weight is 271 g/mol. The Bertz CT molecular complexity index is 446. The molecule has 0 spiro atoms. The minimum Gasteiger partial charge on any atom is -0.372 e. The predicted molar refractivity (Wildman–Crippen MR) is 70.5 cm³/mol. The Hall–Kier alpha value is -1.43. The molecule has 1 aliphatic rings. The summed E-state index contributed by atoms with van der Waals surface area (Å²) in [7, 11) is 0. The Morgan fingerprint density at radius 1 is 1.32 bits per heavy atom. The van der Waals surface area contributed by atoms with Crippen LogP contribution in [0.25, 0.3) is 0 Å². The molecule has 2 heterocycles. The Morgan fingerprint density at radius 3 is 2.53 bits per heavy atom. The van der Waals surface area contributed by atoms with E-state index in [1.807, 2.05) is 20.8 Å². The van der Waals surface area contributed by atoms with Crippen LogP contribution in [0.15, 0.2) is 6.07 Å². The van der Waals surface area contributed by atoms with Crippen molar-refractivity contribution in [1.82, 2.24) is 4.98 Å². The molecule has 1 aromatic heterocycles. The summed E-state index contributed by atoms with van der Waals surface area (Å²) in [5, 5.41) is 2.79. The van der Waals surface area contributed by atoms with Crippen molar-refractivity contribution >= 4 is 11.6 Å². The van der Waals surface area contributed by atoms with E-state index in [1.54, 1.807) is 4.90 Å². The first-order chi connectivity index (χ1) is 9.01. The van der Waals surface area contributed by atoms with Gasteiger partial charge in [-0.05, 0) is 20.8 Å². The van der Waals surface area contributed by atoms with E-state index in [4.69, 9.17) is 4.74 Å². The van der Waals surface area contributed by atoms with Gasteiger partial charge >= 0.3 is 0 Å². The highest BCUT2D eigenvalue weighted by atomic mass is 19.1. The number of halogens is 2. The molecule has 0 aromatic carbocycles. The molecule has 1 fully saturated rings. The second kappa shape index (κ2) is 5.69. The largest absolute Gasteiger partial charge is 0.372 e. The summed E-state index contributed by atoms with van der Waals surface area (Å²) < 4.78 is 33.0. The maximum Gasteiger partial charge on any atom is 0.168 e. The van der Waals surface area contributed by atoms with Crippen LogP contribution in [0.5, 0.6) is 0 Å². The summed E-state index contributed by atoms with van der Waals surface area (Å²) in [6, 6.07) is 0.880. The van der Waals surface area contributed by atoms with Crippen molar-refractivity contribution in [2.75, 3.05) is 29.9 Å². The topological polar surface area (TPSA) is 37.4 Å².